The van der Waals surface area contributed by atoms with Gasteiger partial charge in [-0.3, -0.25) is 15.1 Å². The summed E-state index contributed by atoms with van der Waals surface area (Å²) in [6.45, 7) is 0.932. The number of methoxy groups -OCH3 is 1. The summed E-state index contributed by atoms with van der Waals surface area (Å²) in [4.78, 5) is 18.7. The Kier molecular flexibility index (Phi) is 7.81. The van der Waals surface area contributed by atoms with Crippen molar-refractivity contribution in [2.24, 2.45) is 4.99 Å². The normalized spacial score (nSPS) is 15.7. The number of nitrogens with one attached hydrogen (secondary N) is 1. The highest BCUT2D eigenvalue weighted by Gasteiger charge is 2.36. The van der Waals surface area contributed by atoms with Crippen LogP contribution >= 0.6 is 23.4 Å². The fourth-order valence-corrected chi connectivity index (χ4v) is 4.95. The van der Waals surface area contributed by atoms with Crippen LogP contribution in [0.25, 0.3) is 11.8 Å². The lowest BCUT2D eigenvalue weighted by Gasteiger charge is -2.27. The Morgan fingerprint density at radius 1 is 1.00 bits per heavy atom. The lowest BCUT2D eigenvalue weighted by atomic mass is 10.1. The number of hydrogen-bond acceptors (Lipinski definition) is 6. The van der Waals surface area contributed by atoms with Crippen molar-refractivity contribution < 1.29 is 19.0 Å². The Morgan fingerprint density at radius 2 is 1.76 bits per heavy atom. The summed E-state index contributed by atoms with van der Waals surface area (Å²) in [5, 5.41) is 11.9. The molecule has 3 aromatic rings. The van der Waals surface area contributed by atoms with E-state index in [0.29, 0.717) is 46.9 Å². The van der Waals surface area contributed by atoms with Gasteiger partial charge >= 0.3 is 0 Å². The van der Waals surface area contributed by atoms with E-state index in [0.717, 1.165) is 17.0 Å². The SMILES string of the molecule is COc1cc(C=C2C(=N)N3C(c4ccccc4)=CSC3=NC2=O)ccc1OCCCOc1ccc(Cl)cc1. The molecule has 3 aromatic carbocycles. The average Bonchev–Trinajstić information content (AvgIpc) is 3.36. The summed E-state index contributed by atoms with van der Waals surface area (Å²) in [5.41, 5.74) is 2.67. The number of fused-ring (bicyclic) bond motifs is 1. The summed E-state index contributed by atoms with van der Waals surface area (Å²) < 4.78 is 17.1. The van der Waals surface area contributed by atoms with Gasteiger partial charge in [-0.1, -0.05) is 59.8 Å². The zero-order valence-electron chi connectivity index (χ0n) is 20.5. The lowest BCUT2D eigenvalue weighted by Crippen LogP contribution is -2.38. The van der Waals surface area contributed by atoms with Crippen LogP contribution in [0.15, 0.2) is 88.8 Å². The number of amidine groups is 2. The Bertz CT molecular complexity index is 1450. The number of halogens is 1. The molecule has 2 heterocycles. The fourth-order valence-electron chi connectivity index (χ4n) is 3.94. The standard InChI is InChI=1S/C29H24ClN3O4S/c1-35-26-17-19(8-13-25(26)37-15-5-14-36-22-11-9-21(30)10-12-22)16-23-27(31)33-24(20-6-3-2-4-7-20)18-38-29(33)32-28(23)34/h2-4,6-13,16-18,31H,5,14-15H2,1H3. The van der Waals surface area contributed by atoms with Gasteiger partial charge in [0.15, 0.2) is 16.7 Å². The van der Waals surface area contributed by atoms with Crippen LogP contribution in [-0.2, 0) is 4.79 Å². The number of amides is 1. The molecule has 1 amide bonds. The first kappa shape index (κ1) is 25.6. The van der Waals surface area contributed by atoms with E-state index in [1.807, 2.05) is 53.9 Å². The van der Waals surface area contributed by atoms with Crippen molar-refractivity contribution >= 4 is 52.0 Å². The second kappa shape index (κ2) is 11.6. The zero-order chi connectivity index (χ0) is 26.5. The van der Waals surface area contributed by atoms with Crippen LogP contribution < -0.4 is 14.2 Å². The summed E-state index contributed by atoms with van der Waals surface area (Å²) >= 11 is 7.23. The number of carbonyl (C=O) groups is 1. The Hall–Kier alpha value is -4.01. The largest absolute Gasteiger partial charge is 0.493 e. The molecule has 7 nitrogen and oxygen atoms in total. The van der Waals surface area contributed by atoms with Crippen LogP contribution in [0.5, 0.6) is 17.2 Å². The van der Waals surface area contributed by atoms with Crippen LogP contribution in [0.4, 0.5) is 0 Å². The monoisotopic (exact) mass is 545 g/mol. The smallest absolute Gasteiger partial charge is 0.283 e. The topological polar surface area (TPSA) is 84.2 Å². The molecular formula is C29H24ClN3O4S. The second-order valence-electron chi connectivity index (χ2n) is 8.34. The summed E-state index contributed by atoms with van der Waals surface area (Å²) in [6, 6.07) is 22.4. The molecular weight excluding hydrogens is 522 g/mol. The van der Waals surface area contributed by atoms with Crippen molar-refractivity contribution in [3.63, 3.8) is 0 Å². The van der Waals surface area contributed by atoms with E-state index in [1.165, 1.54) is 11.8 Å². The van der Waals surface area contributed by atoms with Gasteiger partial charge in [0.2, 0.25) is 0 Å². The van der Waals surface area contributed by atoms with Crippen LogP contribution in [0.3, 0.4) is 0 Å². The van der Waals surface area contributed by atoms with Crippen molar-refractivity contribution in [2.45, 2.75) is 6.42 Å². The molecule has 0 bridgehead atoms. The maximum absolute atomic E-state index is 12.8. The molecule has 0 aromatic heterocycles. The van der Waals surface area contributed by atoms with E-state index >= 15 is 0 Å². The van der Waals surface area contributed by atoms with Gasteiger partial charge in [-0.25, -0.2) is 0 Å². The van der Waals surface area contributed by atoms with Gasteiger partial charge in [-0.15, -0.1) is 0 Å². The molecule has 0 atom stereocenters. The first-order valence-electron chi connectivity index (χ1n) is 11.9. The summed E-state index contributed by atoms with van der Waals surface area (Å²) in [5.74, 6) is 1.49. The van der Waals surface area contributed by atoms with E-state index in [4.69, 9.17) is 31.2 Å². The van der Waals surface area contributed by atoms with E-state index in [-0.39, 0.29) is 11.4 Å². The first-order chi connectivity index (χ1) is 18.5. The minimum absolute atomic E-state index is 0.0834. The third-order valence-electron chi connectivity index (χ3n) is 5.81. The predicted molar refractivity (Wildman–Crippen MR) is 152 cm³/mol. The van der Waals surface area contributed by atoms with Gasteiger partial charge in [0.25, 0.3) is 5.91 Å². The highest BCUT2D eigenvalue weighted by atomic mass is 35.5. The van der Waals surface area contributed by atoms with Gasteiger partial charge in [-0.05, 0) is 53.6 Å². The van der Waals surface area contributed by atoms with Crippen LogP contribution in [0.1, 0.15) is 17.5 Å². The van der Waals surface area contributed by atoms with Gasteiger partial charge in [0, 0.05) is 16.9 Å². The van der Waals surface area contributed by atoms with Crippen molar-refractivity contribution in [1.29, 1.82) is 5.41 Å². The van der Waals surface area contributed by atoms with Crippen molar-refractivity contribution in [3.05, 3.63) is 99.9 Å². The van der Waals surface area contributed by atoms with Gasteiger partial charge in [0.05, 0.1) is 31.6 Å². The highest BCUT2D eigenvalue weighted by Crippen LogP contribution is 2.37. The molecule has 38 heavy (non-hydrogen) atoms. The van der Waals surface area contributed by atoms with E-state index < -0.39 is 5.91 Å². The number of carbonyl (C=O) groups excluding carboxylic acids is 1. The third kappa shape index (κ3) is 5.61. The van der Waals surface area contributed by atoms with Crippen molar-refractivity contribution in [3.8, 4) is 17.2 Å². The van der Waals surface area contributed by atoms with E-state index in [2.05, 4.69) is 4.99 Å². The number of thioether (sulfide) groups is 1. The quantitative estimate of drug-likeness (QED) is 0.244. The highest BCUT2D eigenvalue weighted by molar-refractivity contribution is 8.17. The third-order valence-corrected chi connectivity index (χ3v) is 6.89. The molecule has 0 saturated heterocycles. The molecule has 0 unspecified atom stereocenters. The van der Waals surface area contributed by atoms with E-state index in [9.17, 15) is 4.79 Å². The molecule has 5 rings (SSSR count). The minimum atomic E-state index is -0.448. The van der Waals surface area contributed by atoms with Gasteiger partial charge in [-0.2, -0.15) is 4.99 Å². The molecule has 9 heteroatoms. The van der Waals surface area contributed by atoms with Gasteiger partial charge < -0.3 is 14.2 Å². The van der Waals surface area contributed by atoms with Crippen molar-refractivity contribution in [1.82, 2.24) is 4.90 Å². The molecule has 2 aliphatic heterocycles. The zero-order valence-corrected chi connectivity index (χ0v) is 22.1. The molecule has 0 aliphatic carbocycles. The predicted octanol–water partition coefficient (Wildman–Crippen LogP) is 6.50. The molecule has 2 aliphatic rings. The average molecular weight is 546 g/mol. The number of ether oxygens (including phenoxy) is 3. The molecule has 0 saturated carbocycles. The van der Waals surface area contributed by atoms with Crippen LogP contribution in [-0.4, -0.2) is 42.1 Å². The molecule has 0 spiro atoms. The van der Waals surface area contributed by atoms with Crippen LogP contribution in [0, 0.1) is 5.41 Å². The maximum atomic E-state index is 12.8. The van der Waals surface area contributed by atoms with Gasteiger partial charge in [0.1, 0.15) is 11.6 Å². The Balaban J connectivity index is 1.26. The Morgan fingerprint density at radius 3 is 2.53 bits per heavy atom. The van der Waals surface area contributed by atoms with E-state index in [1.54, 1.807) is 42.4 Å². The number of hydrogen-bond donors (Lipinski definition) is 1. The second-order valence-corrected chi connectivity index (χ2v) is 9.62. The summed E-state index contributed by atoms with van der Waals surface area (Å²) in [7, 11) is 1.56. The number of aliphatic imine (C=N–C) groups is 1. The van der Waals surface area contributed by atoms with Crippen molar-refractivity contribution in [2.75, 3.05) is 20.3 Å². The lowest BCUT2D eigenvalue weighted by molar-refractivity contribution is -0.114. The Labute approximate surface area is 229 Å². The molecule has 0 radical (unpaired) electrons. The fraction of sp³-hybridized carbons (Fsp3) is 0.138. The number of nitrogens with zero attached hydrogens (tertiary/aromatic N) is 2. The molecule has 1 N–H and O–H groups in total. The number of rotatable bonds is 9. The number of benzene rings is 3. The van der Waals surface area contributed by atoms with Crippen LogP contribution in [0.2, 0.25) is 5.02 Å². The molecule has 192 valence electrons. The summed E-state index contributed by atoms with van der Waals surface area (Å²) in [6.07, 6.45) is 2.33. The minimum Gasteiger partial charge on any atom is -0.493 e. The molecule has 0 fully saturated rings. The maximum Gasteiger partial charge on any atom is 0.283 e. The first-order valence-corrected chi connectivity index (χ1v) is 13.1.